The lowest BCUT2D eigenvalue weighted by Gasteiger charge is -2.19. The highest BCUT2D eigenvalue weighted by Gasteiger charge is 2.29. The topological polar surface area (TPSA) is 67.6 Å². The summed E-state index contributed by atoms with van der Waals surface area (Å²) in [5, 5.41) is 14.5. The van der Waals surface area contributed by atoms with Crippen LogP contribution >= 0.6 is 0 Å². The van der Waals surface area contributed by atoms with Crippen LogP contribution < -0.4 is 10.1 Å². The van der Waals surface area contributed by atoms with E-state index < -0.39 is 4.92 Å². The number of methoxy groups -OCH3 is 1. The summed E-state index contributed by atoms with van der Waals surface area (Å²) in [5.41, 5.74) is 2.14. The number of rotatable bonds is 6. The summed E-state index contributed by atoms with van der Waals surface area (Å²) in [6, 6.07) is 15.7. The summed E-state index contributed by atoms with van der Waals surface area (Å²) in [4.78, 5) is 13.0. The van der Waals surface area contributed by atoms with Gasteiger partial charge in [-0.15, -0.1) is 0 Å². The van der Waals surface area contributed by atoms with Gasteiger partial charge in [0, 0.05) is 43.5 Å². The van der Waals surface area contributed by atoms with Gasteiger partial charge in [-0.25, -0.2) is 0 Å². The van der Waals surface area contributed by atoms with Crippen LogP contribution in [0.2, 0.25) is 0 Å². The smallest absolute Gasteiger partial charge is 0.311 e. The normalized spacial score (nSPS) is 20.4. The first-order valence-corrected chi connectivity index (χ1v) is 8.42. The van der Waals surface area contributed by atoms with Crippen molar-refractivity contribution in [1.82, 2.24) is 4.90 Å². The van der Waals surface area contributed by atoms with Crippen LogP contribution in [0.15, 0.2) is 48.5 Å². The number of anilines is 1. The average Bonchev–Trinajstić information content (AvgIpc) is 2.94. The Balaban J connectivity index is 1.66. The fourth-order valence-electron chi connectivity index (χ4n) is 3.36. The molecule has 0 spiro atoms. The van der Waals surface area contributed by atoms with E-state index in [-0.39, 0.29) is 11.4 Å². The van der Waals surface area contributed by atoms with Crippen LogP contribution in [0.3, 0.4) is 0 Å². The zero-order chi connectivity index (χ0) is 17.8. The molecule has 1 heterocycles. The molecule has 132 valence electrons. The maximum absolute atomic E-state index is 11.0. The molecule has 1 N–H and O–H groups in total. The molecular formula is C19H23N3O3. The zero-order valence-corrected chi connectivity index (χ0v) is 14.5. The average molecular weight is 341 g/mol. The highest BCUT2D eigenvalue weighted by Crippen LogP contribution is 2.31. The molecule has 0 amide bonds. The van der Waals surface area contributed by atoms with Crippen molar-refractivity contribution in [2.24, 2.45) is 5.92 Å². The lowest BCUT2D eigenvalue weighted by Crippen LogP contribution is -2.27. The maximum Gasteiger partial charge on any atom is 0.311 e. The molecule has 1 aliphatic heterocycles. The van der Waals surface area contributed by atoms with Gasteiger partial charge in [0.1, 0.15) is 0 Å². The van der Waals surface area contributed by atoms with Crippen molar-refractivity contribution in [2.75, 3.05) is 25.5 Å². The minimum absolute atomic E-state index is 0.0155. The van der Waals surface area contributed by atoms with Crippen molar-refractivity contribution in [3.05, 3.63) is 64.2 Å². The van der Waals surface area contributed by atoms with Crippen LogP contribution in [0.1, 0.15) is 12.5 Å². The number of ether oxygens (including phenoxy) is 1. The number of likely N-dealkylation sites (tertiary alicyclic amines) is 1. The second kappa shape index (κ2) is 7.53. The standard InChI is InChI=1S/C19H23N3O3/c1-14-11-21(12-15-6-4-3-5-7-15)13-17(14)20-16-8-9-18(22(23)24)19(10-16)25-2/h3-10,14,17,20H,11-13H2,1-2H3. The van der Waals surface area contributed by atoms with Crippen LogP contribution in [0.4, 0.5) is 11.4 Å². The molecule has 1 fully saturated rings. The predicted molar refractivity (Wildman–Crippen MR) is 97.9 cm³/mol. The minimum Gasteiger partial charge on any atom is -0.490 e. The first kappa shape index (κ1) is 17.2. The first-order valence-electron chi connectivity index (χ1n) is 8.42. The Bertz CT molecular complexity index is 736. The van der Waals surface area contributed by atoms with Crippen molar-refractivity contribution in [2.45, 2.75) is 19.5 Å². The van der Waals surface area contributed by atoms with Crippen molar-refractivity contribution in [3.63, 3.8) is 0 Å². The molecule has 2 aromatic rings. The van der Waals surface area contributed by atoms with E-state index in [1.165, 1.54) is 18.7 Å². The van der Waals surface area contributed by atoms with E-state index in [9.17, 15) is 10.1 Å². The van der Waals surface area contributed by atoms with Crippen molar-refractivity contribution in [3.8, 4) is 5.75 Å². The van der Waals surface area contributed by atoms with E-state index in [2.05, 4.69) is 41.4 Å². The summed E-state index contributed by atoms with van der Waals surface area (Å²) in [7, 11) is 1.45. The molecule has 0 aliphatic carbocycles. The number of benzene rings is 2. The third kappa shape index (κ3) is 4.09. The van der Waals surface area contributed by atoms with Gasteiger partial charge in [-0.2, -0.15) is 0 Å². The van der Waals surface area contributed by atoms with Crippen LogP contribution in [0, 0.1) is 16.0 Å². The Kier molecular flexibility index (Phi) is 5.19. The molecule has 1 saturated heterocycles. The Morgan fingerprint density at radius 1 is 1.24 bits per heavy atom. The maximum atomic E-state index is 11.0. The lowest BCUT2D eigenvalue weighted by molar-refractivity contribution is -0.385. The summed E-state index contributed by atoms with van der Waals surface area (Å²) >= 11 is 0. The van der Waals surface area contributed by atoms with Gasteiger partial charge in [0.2, 0.25) is 0 Å². The third-order valence-corrected chi connectivity index (χ3v) is 4.67. The molecule has 6 heteroatoms. The largest absolute Gasteiger partial charge is 0.490 e. The molecule has 1 aliphatic rings. The van der Waals surface area contributed by atoms with Gasteiger partial charge in [0.05, 0.1) is 12.0 Å². The second-order valence-electron chi connectivity index (χ2n) is 6.55. The summed E-state index contributed by atoms with van der Waals surface area (Å²) in [6.07, 6.45) is 0. The van der Waals surface area contributed by atoms with Gasteiger partial charge < -0.3 is 10.1 Å². The second-order valence-corrected chi connectivity index (χ2v) is 6.55. The van der Waals surface area contributed by atoms with E-state index in [0.29, 0.717) is 12.0 Å². The molecular weight excluding hydrogens is 318 g/mol. The number of hydrogen-bond acceptors (Lipinski definition) is 5. The number of nitrogens with zero attached hydrogens (tertiary/aromatic N) is 2. The monoisotopic (exact) mass is 341 g/mol. The van der Waals surface area contributed by atoms with Crippen LogP contribution in [-0.2, 0) is 6.54 Å². The van der Waals surface area contributed by atoms with Gasteiger partial charge in [0.15, 0.2) is 5.75 Å². The fourth-order valence-corrected chi connectivity index (χ4v) is 3.36. The zero-order valence-electron chi connectivity index (χ0n) is 14.5. The minimum atomic E-state index is -0.428. The molecule has 0 aromatic heterocycles. The summed E-state index contributed by atoms with van der Waals surface area (Å²) < 4.78 is 5.15. The highest BCUT2D eigenvalue weighted by atomic mass is 16.6. The predicted octanol–water partition coefficient (Wildman–Crippen LogP) is 3.54. The SMILES string of the molecule is COc1cc(NC2CN(Cc3ccccc3)CC2C)ccc1[N+](=O)[O-]. The third-order valence-electron chi connectivity index (χ3n) is 4.67. The Morgan fingerprint density at radius 2 is 2.00 bits per heavy atom. The Hall–Kier alpha value is -2.60. The number of hydrogen-bond donors (Lipinski definition) is 1. The number of nitro groups is 1. The van der Waals surface area contributed by atoms with Crippen molar-refractivity contribution < 1.29 is 9.66 Å². The quantitative estimate of drug-likeness (QED) is 0.643. The van der Waals surface area contributed by atoms with Crippen LogP contribution in [0.5, 0.6) is 5.75 Å². The molecule has 0 radical (unpaired) electrons. The molecule has 2 unspecified atom stereocenters. The fraction of sp³-hybridized carbons (Fsp3) is 0.368. The van der Waals surface area contributed by atoms with Crippen molar-refractivity contribution in [1.29, 1.82) is 0 Å². The van der Waals surface area contributed by atoms with Crippen LogP contribution in [0.25, 0.3) is 0 Å². The van der Waals surface area contributed by atoms with E-state index in [0.717, 1.165) is 25.3 Å². The van der Waals surface area contributed by atoms with Crippen LogP contribution in [-0.4, -0.2) is 36.1 Å². The van der Waals surface area contributed by atoms with Gasteiger partial charge in [-0.3, -0.25) is 15.0 Å². The van der Waals surface area contributed by atoms with E-state index in [1.54, 1.807) is 12.1 Å². The van der Waals surface area contributed by atoms with E-state index in [4.69, 9.17) is 4.74 Å². The Morgan fingerprint density at radius 3 is 2.68 bits per heavy atom. The lowest BCUT2D eigenvalue weighted by atomic mass is 10.1. The molecule has 2 atom stereocenters. The first-order chi connectivity index (χ1) is 12.1. The van der Waals surface area contributed by atoms with Gasteiger partial charge in [-0.1, -0.05) is 37.3 Å². The van der Waals surface area contributed by atoms with Gasteiger partial charge >= 0.3 is 5.69 Å². The molecule has 25 heavy (non-hydrogen) atoms. The van der Waals surface area contributed by atoms with E-state index >= 15 is 0 Å². The molecule has 0 saturated carbocycles. The molecule has 0 bridgehead atoms. The molecule has 3 rings (SSSR count). The number of nitro benzene ring substituents is 1. The van der Waals surface area contributed by atoms with Crippen molar-refractivity contribution >= 4 is 11.4 Å². The van der Waals surface area contributed by atoms with Gasteiger partial charge in [0.25, 0.3) is 0 Å². The summed E-state index contributed by atoms with van der Waals surface area (Å²) in [5.74, 6) is 0.770. The Labute approximate surface area is 147 Å². The highest BCUT2D eigenvalue weighted by molar-refractivity contribution is 5.58. The van der Waals surface area contributed by atoms with Gasteiger partial charge in [-0.05, 0) is 17.5 Å². The molecule has 2 aromatic carbocycles. The molecule has 6 nitrogen and oxygen atoms in total. The van der Waals surface area contributed by atoms with E-state index in [1.807, 2.05) is 6.07 Å². The number of nitrogens with one attached hydrogen (secondary N) is 1. The summed E-state index contributed by atoms with van der Waals surface area (Å²) in [6.45, 7) is 5.13.